The highest BCUT2D eigenvalue weighted by Gasteiger charge is 2.07. The van der Waals surface area contributed by atoms with Crippen LogP contribution in [0, 0.1) is 6.92 Å². The van der Waals surface area contributed by atoms with Crippen LogP contribution >= 0.6 is 24.0 Å². The van der Waals surface area contributed by atoms with Crippen molar-refractivity contribution in [2.75, 3.05) is 40.5 Å². The summed E-state index contributed by atoms with van der Waals surface area (Å²) in [6.45, 7) is 7.27. The second kappa shape index (κ2) is 15.7. The average molecular weight is 560 g/mol. The Kier molecular flexibility index (Phi) is 13.7. The van der Waals surface area contributed by atoms with Gasteiger partial charge in [0.1, 0.15) is 12.4 Å². The van der Waals surface area contributed by atoms with Crippen LogP contribution in [0.2, 0.25) is 0 Å². The Morgan fingerprint density at radius 2 is 1.84 bits per heavy atom. The van der Waals surface area contributed by atoms with Crippen LogP contribution in [-0.2, 0) is 24.8 Å². The number of aromatic nitrogens is 3. The van der Waals surface area contributed by atoms with Crippen LogP contribution in [0.25, 0.3) is 0 Å². The maximum Gasteiger partial charge on any atom is 0.191 e. The molecule has 0 radical (unpaired) electrons. The van der Waals surface area contributed by atoms with Gasteiger partial charge in [-0.1, -0.05) is 6.07 Å². The molecule has 0 amide bonds. The van der Waals surface area contributed by atoms with Crippen molar-refractivity contribution < 1.29 is 14.2 Å². The summed E-state index contributed by atoms with van der Waals surface area (Å²) in [7, 11) is 5.31. The first kappa shape index (κ1) is 28.0. The standard InChI is InChI=1S/C22H36N6O3.HI/c1-6-31-20-15-18(10-11-19(20)30-5)9-7-12-23-22(24-13-8-14-29-4)25-16-21-27-26-17(2)28(21)3;/h10-11,15H,6-9,12-14,16H2,1-5H3,(H2,23,24,25);1H. The molecule has 0 spiro atoms. The number of methoxy groups -OCH3 is 2. The molecule has 32 heavy (non-hydrogen) atoms. The van der Waals surface area contributed by atoms with E-state index in [4.69, 9.17) is 14.2 Å². The van der Waals surface area contributed by atoms with E-state index >= 15 is 0 Å². The Morgan fingerprint density at radius 1 is 1.09 bits per heavy atom. The van der Waals surface area contributed by atoms with E-state index in [0.717, 1.165) is 61.5 Å². The average Bonchev–Trinajstić information content (AvgIpc) is 3.10. The number of rotatable bonds is 13. The zero-order valence-electron chi connectivity index (χ0n) is 19.8. The van der Waals surface area contributed by atoms with Gasteiger partial charge in [0.15, 0.2) is 23.3 Å². The van der Waals surface area contributed by atoms with Crippen LogP contribution in [0.3, 0.4) is 0 Å². The van der Waals surface area contributed by atoms with Gasteiger partial charge in [0.05, 0.1) is 13.7 Å². The molecule has 0 unspecified atom stereocenters. The summed E-state index contributed by atoms with van der Waals surface area (Å²) in [5.74, 6) is 4.02. The number of hydrogen-bond donors (Lipinski definition) is 2. The van der Waals surface area contributed by atoms with E-state index in [9.17, 15) is 0 Å². The molecule has 1 aromatic heterocycles. The highest BCUT2D eigenvalue weighted by Crippen LogP contribution is 2.28. The Labute approximate surface area is 208 Å². The first-order valence-electron chi connectivity index (χ1n) is 10.7. The van der Waals surface area contributed by atoms with Crippen molar-refractivity contribution in [3.8, 4) is 11.5 Å². The molecular formula is C22H37IN6O3. The number of hydrogen-bond acceptors (Lipinski definition) is 6. The molecule has 1 heterocycles. The number of nitrogens with one attached hydrogen (secondary N) is 2. The summed E-state index contributed by atoms with van der Waals surface area (Å²) in [6, 6.07) is 6.09. The number of guanidine groups is 1. The zero-order chi connectivity index (χ0) is 22.5. The number of aliphatic imine (C=N–C) groups is 1. The number of ether oxygens (including phenoxy) is 3. The molecule has 0 bridgehead atoms. The van der Waals surface area contributed by atoms with Crippen LogP contribution in [0.5, 0.6) is 11.5 Å². The van der Waals surface area contributed by atoms with E-state index in [0.29, 0.717) is 19.8 Å². The van der Waals surface area contributed by atoms with E-state index in [2.05, 4.69) is 38.0 Å². The van der Waals surface area contributed by atoms with Crippen molar-refractivity contribution in [3.63, 3.8) is 0 Å². The van der Waals surface area contributed by atoms with Gasteiger partial charge in [-0.25, -0.2) is 4.99 Å². The molecule has 2 aromatic rings. The lowest BCUT2D eigenvalue weighted by atomic mass is 10.1. The lowest BCUT2D eigenvalue weighted by Crippen LogP contribution is -2.38. The molecule has 0 aliphatic heterocycles. The summed E-state index contributed by atoms with van der Waals surface area (Å²) in [5.41, 5.74) is 1.21. The summed E-state index contributed by atoms with van der Waals surface area (Å²) >= 11 is 0. The molecule has 0 fully saturated rings. The fourth-order valence-electron chi connectivity index (χ4n) is 2.98. The minimum Gasteiger partial charge on any atom is -0.493 e. The lowest BCUT2D eigenvalue weighted by molar-refractivity contribution is 0.195. The van der Waals surface area contributed by atoms with Crippen molar-refractivity contribution in [3.05, 3.63) is 35.4 Å². The van der Waals surface area contributed by atoms with Gasteiger partial charge in [0, 0.05) is 33.9 Å². The van der Waals surface area contributed by atoms with Crippen molar-refractivity contribution in [1.29, 1.82) is 0 Å². The van der Waals surface area contributed by atoms with Gasteiger partial charge in [0.25, 0.3) is 0 Å². The van der Waals surface area contributed by atoms with Crippen molar-refractivity contribution in [2.24, 2.45) is 12.0 Å². The van der Waals surface area contributed by atoms with Gasteiger partial charge >= 0.3 is 0 Å². The topological polar surface area (TPSA) is 94.8 Å². The SMILES string of the molecule is CCOc1cc(CCCNC(=NCc2nnc(C)n2C)NCCCOC)ccc1OC.I. The van der Waals surface area contributed by atoms with E-state index < -0.39 is 0 Å². The predicted molar refractivity (Wildman–Crippen MR) is 137 cm³/mol. The first-order chi connectivity index (χ1) is 15.1. The smallest absolute Gasteiger partial charge is 0.191 e. The molecule has 2 N–H and O–H groups in total. The molecule has 1 aromatic carbocycles. The molecular weight excluding hydrogens is 523 g/mol. The van der Waals surface area contributed by atoms with Crippen LogP contribution in [0.1, 0.15) is 37.0 Å². The molecule has 9 nitrogen and oxygen atoms in total. The summed E-state index contributed by atoms with van der Waals surface area (Å²) in [6.07, 6.45) is 2.79. The maximum atomic E-state index is 5.67. The molecule has 0 aliphatic carbocycles. The van der Waals surface area contributed by atoms with Crippen molar-refractivity contribution >= 4 is 29.9 Å². The number of halogens is 1. The Bertz CT molecular complexity index is 828. The number of nitrogens with zero attached hydrogens (tertiary/aromatic N) is 4. The Balaban J connectivity index is 0.00000512. The molecule has 0 atom stereocenters. The largest absolute Gasteiger partial charge is 0.493 e. The molecule has 0 saturated carbocycles. The summed E-state index contributed by atoms with van der Waals surface area (Å²) in [5, 5.41) is 15.0. The fourth-order valence-corrected chi connectivity index (χ4v) is 2.98. The highest BCUT2D eigenvalue weighted by atomic mass is 127. The van der Waals surface area contributed by atoms with Gasteiger partial charge in [-0.05, 0) is 50.8 Å². The van der Waals surface area contributed by atoms with E-state index in [1.807, 2.05) is 31.5 Å². The van der Waals surface area contributed by atoms with E-state index in [1.165, 1.54) is 5.56 Å². The number of benzene rings is 1. The van der Waals surface area contributed by atoms with E-state index in [-0.39, 0.29) is 24.0 Å². The third-order valence-electron chi connectivity index (χ3n) is 4.84. The highest BCUT2D eigenvalue weighted by molar-refractivity contribution is 14.0. The van der Waals surface area contributed by atoms with Gasteiger partial charge in [0.2, 0.25) is 0 Å². The van der Waals surface area contributed by atoms with Gasteiger partial charge < -0.3 is 29.4 Å². The van der Waals surface area contributed by atoms with Crippen LogP contribution < -0.4 is 20.1 Å². The van der Waals surface area contributed by atoms with E-state index in [1.54, 1.807) is 14.2 Å². The maximum absolute atomic E-state index is 5.67. The Hall–Kier alpha value is -2.08. The van der Waals surface area contributed by atoms with Gasteiger partial charge in [-0.15, -0.1) is 34.2 Å². The third-order valence-corrected chi connectivity index (χ3v) is 4.84. The Morgan fingerprint density at radius 3 is 2.47 bits per heavy atom. The summed E-state index contributed by atoms with van der Waals surface area (Å²) < 4.78 is 18.1. The van der Waals surface area contributed by atoms with Gasteiger partial charge in [-0.2, -0.15) is 0 Å². The number of aryl methyl sites for hydroxylation is 2. The van der Waals surface area contributed by atoms with Crippen LogP contribution in [-0.4, -0.2) is 61.2 Å². The zero-order valence-corrected chi connectivity index (χ0v) is 22.1. The minimum atomic E-state index is 0. The minimum absolute atomic E-state index is 0. The van der Waals surface area contributed by atoms with Crippen molar-refractivity contribution in [1.82, 2.24) is 25.4 Å². The second-order valence-electron chi connectivity index (χ2n) is 7.11. The summed E-state index contributed by atoms with van der Waals surface area (Å²) in [4.78, 5) is 4.67. The first-order valence-corrected chi connectivity index (χ1v) is 10.7. The molecule has 0 aliphatic rings. The molecule has 0 saturated heterocycles. The van der Waals surface area contributed by atoms with Crippen molar-refractivity contribution in [2.45, 2.75) is 39.7 Å². The second-order valence-corrected chi connectivity index (χ2v) is 7.11. The third kappa shape index (κ3) is 9.19. The monoisotopic (exact) mass is 560 g/mol. The molecule has 2 rings (SSSR count). The quantitative estimate of drug-likeness (QED) is 0.168. The normalized spacial score (nSPS) is 11.1. The lowest BCUT2D eigenvalue weighted by Gasteiger charge is -2.13. The fraction of sp³-hybridized carbons (Fsp3) is 0.591. The van der Waals surface area contributed by atoms with Crippen LogP contribution in [0.4, 0.5) is 0 Å². The predicted octanol–water partition coefficient (Wildman–Crippen LogP) is 2.85. The van der Waals surface area contributed by atoms with Gasteiger partial charge in [-0.3, -0.25) is 0 Å². The molecule has 10 heteroatoms. The molecule has 180 valence electrons. The van der Waals surface area contributed by atoms with Crippen LogP contribution in [0.15, 0.2) is 23.2 Å².